The van der Waals surface area contributed by atoms with Gasteiger partial charge in [0.25, 0.3) is 23.6 Å². The molecule has 0 bridgehead atoms. The van der Waals surface area contributed by atoms with E-state index in [1.54, 1.807) is 16.2 Å². The molecule has 0 radical (unpaired) electrons. The zero-order chi connectivity index (χ0) is 84.2. The van der Waals surface area contributed by atoms with E-state index < -0.39 is 86.6 Å². The van der Waals surface area contributed by atoms with E-state index in [0.717, 1.165) is 78.9 Å². The van der Waals surface area contributed by atoms with Gasteiger partial charge in [-0.25, -0.2) is 46.3 Å². The number of benzene rings is 3. The SMILES string of the molecule is CC(C)(C)NC(=O)c1nc(-c2ccc(F)c(F)c2)n2c1CCOCC2.CC(C)NC(=O)[C@@H](NC(=O)c1nc(-c2cc(F)ccc2F)n2c1CCOCC2)C(C)(C)C.CCNC(=O)[C@@H](NC(=O)c1nc(-c2ccc(F)c(F)c2)n2c1CCOCC2)C(C)(C)C.CNC(=O)[C@@H](NC(=O)c1nc(C2=CCCC2)n2c1CCOCC2)C(C)(C)C. The van der Waals surface area contributed by atoms with Gasteiger partial charge < -0.3 is 74.4 Å². The molecule has 1 aliphatic carbocycles. The van der Waals surface area contributed by atoms with Crippen LogP contribution in [0.25, 0.3) is 39.7 Å². The maximum atomic E-state index is 14.5. The number of nitrogens with zero attached hydrogens (tertiary/aromatic N) is 8. The Hall–Kier alpha value is -10.1. The Morgan fingerprint density at radius 1 is 0.435 bits per heavy atom. The van der Waals surface area contributed by atoms with Crippen molar-refractivity contribution in [1.82, 2.24) is 75.4 Å². The lowest BCUT2D eigenvalue weighted by Crippen LogP contribution is -2.54. The van der Waals surface area contributed by atoms with Crippen molar-refractivity contribution in [2.45, 2.75) is 205 Å². The van der Waals surface area contributed by atoms with Crippen LogP contribution in [0, 0.1) is 51.1 Å². The molecule has 3 atom stereocenters. The van der Waals surface area contributed by atoms with Gasteiger partial charge in [-0.15, -0.1) is 0 Å². The van der Waals surface area contributed by atoms with Crippen LogP contribution in [0.3, 0.4) is 0 Å². The molecule has 32 heteroatoms. The van der Waals surface area contributed by atoms with Crippen LogP contribution in [0.1, 0.15) is 194 Å². The Balaban J connectivity index is 0.000000176. The number of allylic oxidation sites excluding steroid dienone is 2. The number of carbonyl (C=O) groups excluding carboxylic acids is 7. The lowest BCUT2D eigenvalue weighted by Gasteiger charge is -2.31. The first-order chi connectivity index (χ1) is 54.2. The van der Waals surface area contributed by atoms with Crippen molar-refractivity contribution < 1.29 is 78.9 Å². The number of rotatable bonds is 16. The molecular weight excluding hydrogens is 1500 g/mol. The van der Waals surface area contributed by atoms with Gasteiger partial charge in [-0.2, -0.15) is 0 Å². The first kappa shape index (κ1) is 88.9. The van der Waals surface area contributed by atoms with E-state index in [9.17, 15) is 59.9 Å². The molecule has 0 fully saturated rings. The minimum absolute atomic E-state index is 0.0304. The Morgan fingerprint density at radius 3 is 1.18 bits per heavy atom. The summed E-state index contributed by atoms with van der Waals surface area (Å²) in [5, 5.41) is 19.7. The van der Waals surface area contributed by atoms with Gasteiger partial charge in [0.15, 0.2) is 23.3 Å². The second-order valence-electron chi connectivity index (χ2n) is 33.2. The van der Waals surface area contributed by atoms with Crippen LogP contribution in [-0.4, -0.2) is 176 Å². The maximum Gasteiger partial charge on any atom is 0.272 e. The highest BCUT2D eigenvalue weighted by molar-refractivity contribution is 6.00. The molecule has 3 aromatic carbocycles. The summed E-state index contributed by atoms with van der Waals surface area (Å²) in [4.78, 5) is 108. The number of amides is 7. The highest BCUT2D eigenvalue weighted by atomic mass is 19.2. The number of halogens is 6. The van der Waals surface area contributed by atoms with Crippen LogP contribution in [0.15, 0.2) is 60.7 Å². The molecule has 12 rings (SSSR count). The van der Waals surface area contributed by atoms with Gasteiger partial charge in [0.1, 0.15) is 75.8 Å². The average Bonchev–Trinajstić information content (AvgIpc) is 1.66. The van der Waals surface area contributed by atoms with Crippen LogP contribution < -0.4 is 37.2 Å². The summed E-state index contributed by atoms with van der Waals surface area (Å²) in [6, 6.07) is 7.96. The summed E-state index contributed by atoms with van der Waals surface area (Å²) >= 11 is 0. The van der Waals surface area contributed by atoms with E-state index in [-0.39, 0.29) is 58.4 Å². The third kappa shape index (κ3) is 22.3. The zero-order valence-electron chi connectivity index (χ0n) is 68.6. The predicted molar refractivity (Wildman–Crippen MR) is 420 cm³/mol. The molecule has 115 heavy (non-hydrogen) atoms. The lowest BCUT2D eigenvalue weighted by molar-refractivity contribution is -0.126. The van der Waals surface area contributed by atoms with Crippen LogP contribution in [-0.2, 0) is 85.2 Å². The molecule has 0 unspecified atom stereocenters. The third-order valence-electron chi connectivity index (χ3n) is 19.5. The van der Waals surface area contributed by atoms with Gasteiger partial charge in [0.2, 0.25) is 17.7 Å². The summed E-state index contributed by atoms with van der Waals surface area (Å²) < 4.78 is 112. The second-order valence-corrected chi connectivity index (χ2v) is 33.2. The first-order valence-corrected chi connectivity index (χ1v) is 39.0. The van der Waals surface area contributed by atoms with Crippen molar-refractivity contribution in [2.75, 3.05) is 66.4 Å². The summed E-state index contributed by atoms with van der Waals surface area (Å²) in [6.45, 7) is 34.2. The summed E-state index contributed by atoms with van der Waals surface area (Å²) in [7, 11) is 1.58. The molecule has 5 aliphatic rings. The van der Waals surface area contributed by atoms with E-state index in [0.29, 0.717) is 157 Å². The van der Waals surface area contributed by atoms with Crippen LogP contribution in [0.5, 0.6) is 0 Å². The molecule has 7 N–H and O–H groups in total. The number of ether oxygens (including phenoxy) is 4. The summed E-state index contributed by atoms with van der Waals surface area (Å²) in [6.07, 6.45) is 7.36. The second kappa shape index (κ2) is 38.1. The maximum absolute atomic E-state index is 14.5. The quantitative estimate of drug-likeness (QED) is 0.0442. The largest absolute Gasteiger partial charge is 0.379 e. The third-order valence-corrected chi connectivity index (χ3v) is 19.5. The van der Waals surface area contributed by atoms with Crippen molar-refractivity contribution >= 4 is 46.9 Å². The van der Waals surface area contributed by atoms with E-state index >= 15 is 0 Å². The van der Waals surface area contributed by atoms with Gasteiger partial charge in [0, 0.05) is 88.2 Å². The number of aromatic nitrogens is 8. The molecule has 0 spiro atoms. The molecule has 0 saturated carbocycles. The van der Waals surface area contributed by atoms with Crippen LogP contribution in [0.4, 0.5) is 26.3 Å². The minimum Gasteiger partial charge on any atom is -0.379 e. The smallest absolute Gasteiger partial charge is 0.272 e. The van der Waals surface area contributed by atoms with Crippen molar-refractivity contribution in [3.05, 3.63) is 147 Å². The minimum atomic E-state index is -0.991. The predicted octanol–water partition coefficient (Wildman–Crippen LogP) is 10.6. The van der Waals surface area contributed by atoms with Gasteiger partial charge in [-0.3, -0.25) is 33.6 Å². The highest BCUT2D eigenvalue weighted by Crippen LogP contribution is 2.34. The number of nitrogens with one attached hydrogen (secondary N) is 7. The van der Waals surface area contributed by atoms with Crippen molar-refractivity contribution in [3.8, 4) is 34.2 Å². The average molecular weight is 1610 g/mol. The molecule has 624 valence electrons. The van der Waals surface area contributed by atoms with E-state index in [1.165, 1.54) is 17.7 Å². The van der Waals surface area contributed by atoms with Gasteiger partial charge in [0.05, 0.1) is 81.2 Å². The van der Waals surface area contributed by atoms with Crippen LogP contribution in [0.2, 0.25) is 0 Å². The number of fused-ring (bicyclic) bond motifs is 4. The van der Waals surface area contributed by atoms with E-state index in [4.69, 9.17) is 23.9 Å². The highest BCUT2D eigenvalue weighted by Gasteiger charge is 2.39. The van der Waals surface area contributed by atoms with Crippen molar-refractivity contribution in [1.29, 1.82) is 0 Å². The molecule has 4 aliphatic heterocycles. The molecule has 7 amide bonds. The normalized spacial score (nSPS) is 15.8. The Morgan fingerprint density at radius 2 is 0.809 bits per heavy atom. The standard InChI is InChI=1S/C23H30F2N4O3.C22H28F2N4O3.C20H30N4O3.C18H21F2N3O2/c1-13(2)26-22(31)19(23(3,4)5)28-21(30)18-17-8-10-32-11-9-29(17)20(27-18)15-12-14(24)6-7-16(15)25;1-5-25-21(30)18(22(2,3)4)27-20(29)17-16-8-10-31-11-9-28(16)19(26-17)13-6-7-14(23)15(24)12-13;1-20(2,3)16(19(26)21-4)23-18(25)15-14-9-11-27-12-10-24(14)17(22-15)13-7-5-6-8-13;1-18(2,3)22-17(24)15-14-6-8-25-9-7-23(14)16(21-15)11-4-5-12(19)13(20)10-11/h6-7,12-13,19H,8-11H2,1-5H3,(H,26,31)(H,28,30);6-7,12,18H,5,8-11H2,1-4H3,(H,25,30)(H,27,29);7,16H,5-6,8-12H2,1-4H3,(H,21,26)(H,23,25);4-5,10H,6-9H2,1-3H3,(H,22,24)/t19-;18-;16-;/m111./s1. The van der Waals surface area contributed by atoms with E-state index in [1.807, 2.05) is 108 Å². The molecule has 7 aromatic rings. The summed E-state index contributed by atoms with van der Waals surface area (Å²) in [5.74, 6) is -5.62. The Labute approximate surface area is 666 Å². The van der Waals surface area contributed by atoms with Gasteiger partial charge in [-0.05, 0) is 137 Å². The first-order valence-electron chi connectivity index (χ1n) is 39.0. The monoisotopic (exact) mass is 1610 g/mol. The Kier molecular flexibility index (Phi) is 29.5. The fraction of sp³-hybridized carbons (Fsp3) is 0.530. The number of hydrogen-bond donors (Lipinski definition) is 7. The number of likely N-dealkylation sites (N-methyl/N-ethyl adjacent to an activating group) is 2. The molecule has 4 aromatic heterocycles. The van der Waals surface area contributed by atoms with Gasteiger partial charge in [-0.1, -0.05) is 68.4 Å². The number of imidazole rings is 4. The molecular formula is C83H109F6N15O11. The van der Waals surface area contributed by atoms with E-state index in [2.05, 4.69) is 62.8 Å². The molecule has 0 saturated heterocycles. The zero-order valence-corrected chi connectivity index (χ0v) is 68.6. The van der Waals surface area contributed by atoms with Crippen LogP contribution >= 0.6 is 0 Å². The Bertz CT molecular complexity index is 4730. The van der Waals surface area contributed by atoms with Crippen molar-refractivity contribution in [3.63, 3.8) is 0 Å². The summed E-state index contributed by atoms with van der Waals surface area (Å²) in [5.41, 5.74) is 3.87. The fourth-order valence-corrected chi connectivity index (χ4v) is 13.9. The van der Waals surface area contributed by atoms with Crippen molar-refractivity contribution in [2.24, 2.45) is 16.2 Å². The molecule has 8 heterocycles. The van der Waals surface area contributed by atoms with Gasteiger partial charge >= 0.3 is 0 Å². The molecule has 26 nitrogen and oxygen atoms in total. The fourth-order valence-electron chi connectivity index (χ4n) is 13.9. The number of hydrogen-bond acceptors (Lipinski definition) is 15. The topological polar surface area (TPSA) is 312 Å². The lowest BCUT2D eigenvalue weighted by atomic mass is 9.86. The number of carbonyl (C=O) groups is 7.